The Morgan fingerprint density at radius 1 is 1.47 bits per heavy atom. The molecule has 3 N–H and O–H groups in total. The minimum absolute atomic E-state index is 0.0401. The Hall–Kier alpha value is -1.40. The molecule has 1 unspecified atom stereocenters. The van der Waals surface area contributed by atoms with E-state index in [1.807, 2.05) is 20.8 Å². The van der Waals surface area contributed by atoms with Gasteiger partial charge in [-0.05, 0) is 20.8 Å². The molecule has 6 nitrogen and oxygen atoms in total. The average Bonchev–Trinajstić information content (AvgIpc) is 2.93. The number of piperazine rings is 1. The van der Waals surface area contributed by atoms with E-state index in [1.54, 1.807) is 12.4 Å². The predicted octanol–water partition coefficient (Wildman–Crippen LogP) is 0.271. The molecule has 0 bridgehead atoms. The van der Waals surface area contributed by atoms with Gasteiger partial charge in [-0.25, -0.2) is 4.98 Å². The molecule has 6 heteroatoms. The van der Waals surface area contributed by atoms with Crippen LogP contribution in [0.1, 0.15) is 32.6 Å². The van der Waals surface area contributed by atoms with Crippen LogP contribution in [0.15, 0.2) is 12.4 Å². The molecule has 2 rings (SSSR count). The second kappa shape index (κ2) is 5.71. The summed E-state index contributed by atoms with van der Waals surface area (Å²) in [6, 6.07) is -0.107. The first-order chi connectivity index (χ1) is 9.01. The third kappa shape index (κ3) is 3.13. The molecule has 19 heavy (non-hydrogen) atoms. The largest absolute Gasteiger partial charge is 0.347 e. The fourth-order valence-electron chi connectivity index (χ4n) is 2.32. The molecule has 1 amide bonds. The van der Waals surface area contributed by atoms with E-state index in [2.05, 4.69) is 25.5 Å². The van der Waals surface area contributed by atoms with Gasteiger partial charge in [-0.15, -0.1) is 0 Å². The maximum absolute atomic E-state index is 12.5. The second-order valence-corrected chi connectivity index (χ2v) is 5.47. The van der Waals surface area contributed by atoms with Gasteiger partial charge in [0.2, 0.25) is 5.91 Å². The lowest BCUT2D eigenvalue weighted by molar-refractivity contribution is -0.132. The topological polar surface area (TPSA) is 73.1 Å². The van der Waals surface area contributed by atoms with Gasteiger partial charge >= 0.3 is 0 Å². The quantitative estimate of drug-likeness (QED) is 0.731. The molecule has 1 aliphatic heterocycles. The molecular weight excluding hydrogens is 242 g/mol. The number of nitrogens with zero attached hydrogens (tertiary/aromatic N) is 2. The minimum Gasteiger partial charge on any atom is -0.347 e. The third-order valence-electron chi connectivity index (χ3n) is 3.74. The smallest absolute Gasteiger partial charge is 0.240 e. The van der Waals surface area contributed by atoms with E-state index in [0.29, 0.717) is 0 Å². The molecule has 1 aromatic heterocycles. The zero-order chi connectivity index (χ0) is 13.9. The van der Waals surface area contributed by atoms with Crippen LogP contribution < -0.4 is 10.6 Å². The maximum atomic E-state index is 12.5. The number of rotatable bonds is 4. The van der Waals surface area contributed by atoms with Crippen LogP contribution in [0.2, 0.25) is 0 Å². The van der Waals surface area contributed by atoms with Crippen LogP contribution in [0, 0.1) is 0 Å². The lowest BCUT2D eigenvalue weighted by Crippen LogP contribution is -2.60. The summed E-state index contributed by atoms with van der Waals surface area (Å²) in [7, 11) is 0. The molecule has 0 radical (unpaired) electrons. The maximum Gasteiger partial charge on any atom is 0.240 e. The molecule has 0 saturated carbocycles. The van der Waals surface area contributed by atoms with Gasteiger partial charge in [-0.3, -0.25) is 9.69 Å². The minimum atomic E-state index is -0.497. The summed E-state index contributed by atoms with van der Waals surface area (Å²) in [4.78, 5) is 21.9. The molecule has 1 aromatic rings. The number of nitrogens with one attached hydrogen (secondary N) is 3. The number of imidazole rings is 1. The van der Waals surface area contributed by atoms with Crippen molar-refractivity contribution in [3.63, 3.8) is 0 Å². The molecule has 1 atom stereocenters. The molecule has 2 heterocycles. The summed E-state index contributed by atoms with van der Waals surface area (Å²) in [5.74, 6) is 0.822. The second-order valence-electron chi connectivity index (χ2n) is 5.47. The Morgan fingerprint density at radius 3 is 2.74 bits per heavy atom. The van der Waals surface area contributed by atoms with Crippen LogP contribution in [0.4, 0.5) is 0 Å². The lowest BCUT2D eigenvalue weighted by Gasteiger charge is -2.40. The van der Waals surface area contributed by atoms with Gasteiger partial charge < -0.3 is 15.6 Å². The highest BCUT2D eigenvalue weighted by Crippen LogP contribution is 2.17. The third-order valence-corrected chi connectivity index (χ3v) is 3.74. The van der Waals surface area contributed by atoms with Crippen molar-refractivity contribution in [1.82, 2.24) is 25.5 Å². The van der Waals surface area contributed by atoms with E-state index >= 15 is 0 Å². The number of hydrogen-bond acceptors (Lipinski definition) is 4. The number of carbonyl (C=O) groups excluding carboxylic acids is 1. The highest BCUT2D eigenvalue weighted by atomic mass is 16.2. The first-order valence-corrected chi connectivity index (χ1v) is 6.78. The van der Waals surface area contributed by atoms with Crippen LogP contribution in [-0.2, 0) is 4.79 Å². The van der Waals surface area contributed by atoms with Crippen LogP contribution in [0.5, 0.6) is 0 Å². The fraction of sp³-hybridized carbons (Fsp3) is 0.692. The van der Waals surface area contributed by atoms with Crippen molar-refractivity contribution < 1.29 is 4.79 Å². The first-order valence-electron chi connectivity index (χ1n) is 6.78. The van der Waals surface area contributed by atoms with E-state index in [0.717, 1.165) is 32.0 Å². The van der Waals surface area contributed by atoms with Crippen LogP contribution in [0.3, 0.4) is 0 Å². The van der Waals surface area contributed by atoms with Crippen LogP contribution in [0.25, 0.3) is 0 Å². The van der Waals surface area contributed by atoms with E-state index in [4.69, 9.17) is 0 Å². The van der Waals surface area contributed by atoms with Gasteiger partial charge in [0.25, 0.3) is 0 Å². The Labute approximate surface area is 114 Å². The number of hydrogen-bond donors (Lipinski definition) is 3. The Kier molecular flexibility index (Phi) is 4.21. The van der Waals surface area contributed by atoms with Gasteiger partial charge in [-0.1, -0.05) is 0 Å². The van der Waals surface area contributed by atoms with Gasteiger partial charge in [0.15, 0.2) is 0 Å². The number of aromatic nitrogens is 2. The van der Waals surface area contributed by atoms with Crippen molar-refractivity contribution >= 4 is 5.91 Å². The van der Waals surface area contributed by atoms with Crippen molar-refractivity contribution in [2.75, 3.05) is 26.2 Å². The molecular formula is C13H23N5O. The van der Waals surface area contributed by atoms with Crippen molar-refractivity contribution in [2.45, 2.75) is 32.4 Å². The van der Waals surface area contributed by atoms with E-state index in [9.17, 15) is 4.79 Å². The monoisotopic (exact) mass is 265 g/mol. The van der Waals surface area contributed by atoms with Crippen molar-refractivity contribution in [1.29, 1.82) is 0 Å². The van der Waals surface area contributed by atoms with Crippen LogP contribution in [-0.4, -0.2) is 52.5 Å². The first kappa shape index (κ1) is 14.0. The van der Waals surface area contributed by atoms with Gasteiger partial charge in [-0.2, -0.15) is 0 Å². The van der Waals surface area contributed by atoms with Gasteiger partial charge in [0.1, 0.15) is 5.82 Å². The highest BCUT2D eigenvalue weighted by molar-refractivity contribution is 5.85. The summed E-state index contributed by atoms with van der Waals surface area (Å²) < 4.78 is 0. The van der Waals surface area contributed by atoms with E-state index in [1.165, 1.54) is 0 Å². The molecule has 0 spiro atoms. The number of amides is 1. The van der Waals surface area contributed by atoms with Crippen molar-refractivity contribution in [2.24, 2.45) is 0 Å². The standard InChI is InChI=1S/C13H23N5O/c1-10(11-15-4-5-16-11)17-12(19)13(2,3)18-8-6-14-7-9-18/h4-5,10,14H,6-9H2,1-3H3,(H,15,16)(H,17,19). The predicted molar refractivity (Wildman–Crippen MR) is 73.7 cm³/mol. The Balaban J connectivity index is 1.97. The van der Waals surface area contributed by atoms with Crippen molar-refractivity contribution in [3.8, 4) is 0 Å². The van der Waals surface area contributed by atoms with Gasteiger partial charge in [0.05, 0.1) is 11.6 Å². The number of carbonyl (C=O) groups is 1. The van der Waals surface area contributed by atoms with E-state index in [-0.39, 0.29) is 11.9 Å². The molecule has 1 aliphatic rings. The summed E-state index contributed by atoms with van der Waals surface area (Å²) in [5.41, 5.74) is -0.497. The molecule has 1 saturated heterocycles. The lowest BCUT2D eigenvalue weighted by atomic mass is 10.00. The number of aromatic amines is 1. The zero-order valence-electron chi connectivity index (χ0n) is 11.9. The molecule has 106 valence electrons. The molecule has 0 aliphatic carbocycles. The highest BCUT2D eigenvalue weighted by Gasteiger charge is 2.35. The summed E-state index contributed by atoms with van der Waals surface area (Å²) >= 11 is 0. The Bertz CT molecular complexity index is 409. The molecule has 1 fully saturated rings. The zero-order valence-corrected chi connectivity index (χ0v) is 11.9. The summed E-state index contributed by atoms with van der Waals surface area (Å²) in [6.07, 6.45) is 3.46. The summed E-state index contributed by atoms with van der Waals surface area (Å²) in [6.45, 7) is 9.55. The van der Waals surface area contributed by atoms with Crippen LogP contribution >= 0.6 is 0 Å². The molecule has 0 aromatic carbocycles. The Morgan fingerprint density at radius 2 is 2.16 bits per heavy atom. The normalized spacial score (nSPS) is 19.1. The SMILES string of the molecule is CC(NC(=O)C(C)(C)N1CCNCC1)c1ncc[nH]1. The van der Waals surface area contributed by atoms with E-state index < -0.39 is 5.54 Å². The van der Waals surface area contributed by atoms with Gasteiger partial charge in [0, 0.05) is 38.6 Å². The fourth-order valence-corrected chi connectivity index (χ4v) is 2.32. The summed E-state index contributed by atoms with van der Waals surface area (Å²) in [5, 5.41) is 6.33. The number of H-pyrrole nitrogens is 1. The average molecular weight is 265 g/mol. The van der Waals surface area contributed by atoms with Crippen molar-refractivity contribution in [3.05, 3.63) is 18.2 Å².